The lowest BCUT2D eigenvalue weighted by Gasteiger charge is -2.04. The zero-order valence-corrected chi connectivity index (χ0v) is 18.9. The van der Waals surface area contributed by atoms with E-state index in [9.17, 15) is 9.59 Å². The Labute approximate surface area is 178 Å². The van der Waals surface area contributed by atoms with Crippen molar-refractivity contribution in [1.82, 2.24) is 0 Å². The molecule has 0 spiro atoms. The van der Waals surface area contributed by atoms with Gasteiger partial charge in [0.05, 0.1) is 13.2 Å². The lowest BCUT2D eigenvalue weighted by molar-refractivity contribution is -0.141. The molecular formula is C24H44O5. The molecule has 170 valence electrons. The first kappa shape index (κ1) is 27.6. The van der Waals surface area contributed by atoms with E-state index in [4.69, 9.17) is 14.2 Å². The van der Waals surface area contributed by atoms with Crippen molar-refractivity contribution in [1.29, 1.82) is 0 Å². The second-order valence-electron chi connectivity index (χ2n) is 7.46. The third-order valence-electron chi connectivity index (χ3n) is 4.77. The Kier molecular flexibility index (Phi) is 21.8. The van der Waals surface area contributed by atoms with Crippen molar-refractivity contribution in [3.05, 3.63) is 12.2 Å². The average molecular weight is 413 g/mol. The summed E-state index contributed by atoms with van der Waals surface area (Å²) in [4.78, 5) is 22.9. The van der Waals surface area contributed by atoms with Gasteiger partial charge >= 0.3 is 11.9 Å². The Balaban J connectivity index is 3.32. The molecule has 0 aromatic rings. The summed E-state index contributed by atoms with van der Waals surface area (Å²) in [5.41, 5.74) is 0. The highest BCUT2D eigenvalue weighted by Gasteiger charge is 2.01. The molecule has 0 rings (SSSR count). The second kappa shape index (κ2) is 22.9. The van der Waals surface area contributed by atoms with Gasteiger partial charge < -0.3 is 14.2 Å². The van der Waals surface area contributed by atoms with Gasteiger partial charge in [0, 0.05) is 18.8 Å². The van der Waals surface area contributed by atoms with Gasteiger partial charge in [0.25, 0.3) is 0 Å². The zero-order valence-electron chi connectivity index (χ0n) is 18.9. The molecule has 5 heteroatoms. The topological polar surface area (TPSA) is 61.8 Å². The summed E-state index contributed by atoms with van der Waals surface area (Å²) in [5.74, 6) is -1.06. The van der Waals surface area contributed by atoms with E-state index in [1.54, 1.807) is 0 Å². The van der Waals surface area contributed by atoms with Crippen LogP contribution in [0.1, 0.15) is 104 Å². The summed E-state index contributed by atoms with van der Waals surface area (Å²) in [6, 6.07) is 0. The molecule has 0 aliphatic heterocycles. The summed E-state index contributed by atoms with van der Waals surface area (Å²) >= 11 is 0. The van der Waals surface area contributed by atoms with Crippen LogP contribution in [0.5, 0.6) is 0 Å². The molecule has 0 aliphatic carbocycles. The standard InChI is InChI=1S/C24H44O5/c1-3-5-6-7-8-9-10-11-12-13-14-15-16-17-20-28-23(25)18-19-24(26)29-22-21-27-4-2/h18-19H,3-17,20-22H2,1-2H3/b19-18+. The maximum absolute atomic E-state index is 11.5. The van der Waals surface area contributed by atoms with E-state index in [2.05, 4.69) is 6.92 Å². The van der Waals surface area contributed by atoms with Crippen molar-refractivity contribution in [2.75, 3.05) is 26.4 Å². The van der Waals surface area contributed by atoms with Crippen LogP contribution in [0.25, 0.3) is 0 Å². The molecule has 0 saturated heterocycles. The van der Waals surface area contributed by atoms with Crippen molar-refractivity contribution in [2.24, 2.45) is 0 Å². The van der Waals surface area contributed by atoms with Gasteiger partial charge in [-0.2, -0.15) is 0 Å². The number of unbranched alkanes of at least 4 members (excludes halogenated alkanes) is 13. The molecule has 0 aliphatic rings. The first-order valence-electron chi connectivity index (χ1n) is 11.8. The minimum atomic E-state index is -0.557. The number of hydrogen-bond acceptors (Lipinski definition) is 5. The lowest BCUT2D eigenvalue weighted by Crippen LogP contribution is -2.09. The zero-order chi connectivity index (χ0) is 21.4. The number of carbonyl (C=O) groups excluding carboxylic acids is 2. The van der Waals surface area contributed by atoms with Gasteiger partial charge in [-0.05, 0) is 13.3 Å². The van der Waals surface area contributed by atoms with Crippen LogP contribution in [0.2, 0.25) is 0 Å². The molecule has 0 aromatic carbocycles. The second-order valence-corrected chi connectivity index (χ2v) is 7.46. The van der Waals surface area contributed by atoms with Crippen LogP contribution in [0.15, 0.2) is 12.2 Å². The molecule has 0 radical (unpaired) electrons. The first-order valence-corrected chi connectivity index (χ1v) is 11.8. The number of hydrogen-bond donors (Lipinski definition) is 0. The summed E-state index contributed by atoms with van der Waals surface area (Å²) in [6.07, 6.45) is 20.4. The van der Waals surface area contributed by atoms with Crippen molar-refractivity contribution < 1.29 is 23.8 Å². The van der Waals surface area contributed by atoms with E-state index < -0.39 is 11.9 Å². The maximum Gasteiger partial charge on any atom is 0.331 e. The molecule has 0 unspecified atom stereocenters. The van der Waals surface area contributed by atoms with E-state index in [1.165, 1.54) is 77.0 Å². The average Bonchev–Trinajstić information content (AvgIpc) is 2.72. The first-order chi connectivity index (χ1) is 14.2. The van der Waals surface area contributed by atoms with E-state index in [0.29, 0.717) is 19.8 Å². The molecule has 0 saturated carbocycles. The predicted octanol–water partition coefficient (Wildman–Crippen LogP) is 6.15. The molecule has 0 heterocycles. The Morgan fingerprint density at radius 1 is 0.552 bits per heavy atom. The van der Waals surface area contributed by atoms with Crippen LogP contribution in [0.3, 0.4) is 0 Å². The van der Waals surface area contributed by atoms with Gasteiger partial charge in [0.15, 0.2) is 0 Å². The van der Waals surface area contributed by atoms with Crippen LogP contribution in [0.4, 0.5) is 0 Å². The van der Waals surface area contributed by atoms with Crippen molar-refractivity contribution >= 4 is 11.9 Å². The maximum atomic E-state index is 11.5. The molecule has 0 amide bonds. The van der Waals surface area contributed by atoms with Gasteiger partial charge in [-0.1, -0.05) is 90.4 Å². The summed E-state index contributed by atoms with van der Waals surface area (Å²) in [7, 11) is 0. The van der Waals surface area contributed by atoms with Gasteiger partial charge in [0.2, 0.25) is 0 Å². The van der Waals surface area contributed by atoms with Crippen LogP contribution < -0.4 is 0 Å². The fraction of sp³-hybridized carbons (Fsp3) is 0.833. The molecular weight excluding hydrogens is 368 g/mol. The van der Waals surface area contributed by atoms with Crippen LogP contribution >= 0.6 is 0 Å². The predicted molar refractivity (Wildman–Crippen MR) is 118 cm³/mol. The fourth-order valence-corrected chi connectivity index (χ4v) is 3.05. The molecule has 0 fully saturated rings. The smallest absolute Gasteiger partial charge is 0.331 e. The number of ether oxygens (including phenoxy) is 3. The summed E-state index contributed by atoms with van der Waals surface area (Å²) in [5, 5.41) is 0. The highest BCUT2D eigenvalue weighted by atomic mass is 16.6. The van der Waals surface area contributed by atoms with Crippen LogP contribution in [-0.4, -0.2) is 38.4 Å². The highest BCUT2D eigenvalue weighted by molar-refractivity contribution is 5.91. The quantitative estimate of drug-likeness (QED) is 0.129. The summed E-state index contributed by atoms with van der Waals surface area (Å²) in [6.45, 7) is 5.66. The van der Waals surface area contributed by atoms with Crippen LogP contribution in [-0.2, 0) is 23.8 Å². The van der Waals surface area contributed by atoms with Gasteiger partial charge in [-0.15, -0.1) is 0 Å². The Morgan fingerprint density at radius 2 is 0.966 bits per heavy atom. The molecule has 5 nitrogen and oxygen atoms in total. The molecule has 29 heavy (non-hydrogen) atoms. The molecule has 0 atom stereocenters. The molecule has 0 bridgehead atoms. The van der Waals surface area contributed by atoms with Crippen molar-refractivity contribution in [2.45, 2.75) is 104 Å². The van der Waals surface area contributed by atoms with E-state index >= 15 is 0 Å². The summed E-state index contributed by atoms with van der Waals surface area (Å²) < 4.78 is 15.0. The van der Waals surface area contributed by atoms with E-state index in [-0.39, 0.29) is 6.61 Å². The Morgan fingerprint density at radius 3 is 1.41 bits per heavy atom. The largest absolute Gasteiger partial charge is 0.463 e. The monoisotopic (exact) mass is 412 g/mol. The SMILES string of the molecule is CCCCCCCCCCCCCCCCOC(=O)/C=C/C(=O)OCCOCC. The third kappa shape index (κ3) is 22.8. The normalized spacial score (nSPS) is 11.1. The fourth-order valence-electron chi connectivity index (χ4n) is 3.05. The van der Waals surface area contributed by atoms with Gasteiger partial charge in [0.1, 0.15) is 6.61 Å². The molecule has 0 aromatic heterocycles. The van der Waals surface area contributed by atoms with Crippen LogP contribution in [0, 0.1) is 0 Å². The lowest BCUT2D eigenvalue weighted by atomic mass is 10.0. The Hall–Kier alpha value is -1.36. The molecule has 0 N–H and O–H groups in total. The number of carbonyl (C=O) groups is 2. The third-order valence-corrected chi connectivity index (χ3v) is 4.77. The minimum absolute atomic E-state index is 0.186. The van der Waals surface area contributed by atoms with E-state index in [0.717, 1.165) is 25.0 Å². The van der Waals surface area contributed by atoms with Gasteiger partial charge in [-0.25, -0.2) is 9.59 Å². The number of rotatable bonds is 21. The van der Waals surface area contributed by atoms with Crippen molar-refractivity contribution in [3.63, 3.8) is 0 Å². The number of esters is 2. The highest BCUT2D eigenvalue weighted by Crippen LogP contribution is 2.12. The van der Waals surface area contributed by atoms with E-state index in [1.807, 2.05) is 6.92 Å². The van der Waals surface area contributed by atoms with Gasteiger partial charge in [-0.3, -0.25) is 0 Å². The minimum Gasteiger partial charge on any atom is -0.463 e. The van der Waals surface area contributed by atoms with Crippen molar-refractivity contribution in [3.8, 4) is 0 Å². The Bertz CT molecular complexity index is 406.